The number of rotatable bonds is 8. The lowest BCUT2D eigenvalue weighted by Gasteiger charge is -2.33. The summed E-state index contributed by atoms with van der Waals surface area (Å²) in [6, 6.07) is 14.9. The Morgan fingerprint density at radius 1 is 1.07 bits per heavy atom. The molecule has 1 aliphatic heterocycles. The van der Waals surface area contributed by atoms with Crippen LogP contribution >= 0.6 is 11.8 Å². The molecule has 2 aromatic carbocycles. The maximum Gasteiger partial charge on any atom is 0.185 e. The molecule has 0 amide bonds. The molecule has 0 aromatic heterocycles. The van der Waals surface area contributed by atoms with Crippen LogP contribution in [0.1, 0.15) is 26.7 Å². The maximum atomic E-state index is 5.93. The Labute approximate surface area is 171 Å². The predicted molar refractivity (Wildman–Crippen MR) is 119 cm³/mol. The minimum atomic E-state index is 0.156. The third kappa shape index (κ3) is 5.23. The Kier molecular flexibility index (Phi) is 6.87. The maximum absolute atomic E-state index is 5.93. The first kappa shape index (κ1) is 20.1. The molecule has 148 valence electrons. The number of para-hydroxylation sites is 1. The predicted octanol–water partition coefficient (Wildman–Crippen LogP) is 4.69. The number of anilines is 2. The van der Waals surface area contributed by atoms with Crippen LogP contribution < -0.4 is 21.1 Å². The molecule has 0 atom stereocenters. The zero-order valence-electron chi connectivity index (χ0n) is 16.5. The van der Waals surface area contributed by atoms with Crippen molar-refractivity contribution in [2.75, 3.05) is 24.6 Å². The highest BCUT2D eigenvalue weighted by atomic mass is 32.2. The van der Waals surface area contributed by atoms with Crippen LogP contribution in [0.2, 0.25) is 0 Å². The number of allylic oxidation sites excluding steroid dienone is 1. The van der Waals surface area contributed by atoms with E-state index in [1.54, 1.807) is 0 Å². The molecule has 0 saturated heterocycles. The van der Waals surface area contributed by atoms with Crippen molar-refractivity contribution in [2.24, 2.45) is 16.5 Å². The summed E-state index contributed by atoms with van der Waals surface area (Å²) >= 11 is 1.81. The number of nitrogens with zero attached hydrogens (tertiary/aromatic N) is 2. The molecule has 6 heteroatoms. The average molecular weight is 397 g/mol. The van der Waals surface area contributed by atoms with Gasteiger partial charge >= 0.3 is 0 Å². The van der Waals surface area contributed by atoms with Gasteiger partial charge in [-0.05, 0) is 57.0 Å². The summed E-state index contributed by atoms with van der Waals surface area (Å²) in [6.07, 6.45) is 4.03. The van der Waals surface area contributed by atoms with Crippen LogP contribution in [-0.2, 0) is 0 Å². The normalized spacial score (nSPS) is 12.0. The fourth-order valence-corrected chi connectivity index (χ4v) is 4.11. The van der Waals surface area contributed by atoms with E-state index in [-0.39, 0.29) is 5.96 Å². The second-order valence-corrected chi connectivity index (χ2v) is 8.04. The van der Waals surface area contributed by atoms with Gasteiger partial charge in [-0.3, -0.25) is 4.99 Å². The number of fused-ring (bicyclic) bond motifs is 2. The Hall–Kier alpha value is -2.60. The quantitative estimate of drug-likeness (QED) is 0.293. The third-order valence-electron chi connectivity index (χ3n) is 4.42. The molecule has 0 fully saturated rings. The van der Waals surface area contributed by atoms with Gasteiger partial charge in [0.1, 0.15) is 12.4 Å². The molecule has 0 unspecified atom stereocenters. The van der Waals surface area contributed by atoms with Gasteiger partial charge in [-0.25, -0.2) is 0 Å². The van der Waals surface area contributed by atoms with Crippen molar-refractivity contribution in [3.8, 4) is 5.75 Å². The van der Waals surface area contributed by atoms with Crippen molar-refractivity contribution in [2.45, 2.75) is 36.5 Å². The minimum Gasteiger partial charge on any atom is -0.489 e. The number of aliphatic imine (C=N–C) groups is 1. The van der Waals surface area contributed by atoms with Gasteiger partial charge in [0.05, 0.1) is 11.4 Å². The molecule has 0 aliphatic carbocycles. The largest absolute Gasteiger partial charge is 0.489 e. The van der Waals surface area contributed by atoms with Gasteiger partial charge in [0, 0.05) is 28.9 Å². The summed E-state index contributed by atoms with van der Waals surface area (Å²) in [7, 11) is 0. The second-order valence-electron chi connectivity index (χ2n) is 6.96. The molecule has 0 spiro atoms. The minimum absolute atomic E-state index is 0.156. The smallest absolute Gasteiger partial charge is 0.185 e. The SMILES string of the molecule is CC(C)=CCOc1ccc2c(c1)N(CCCCN=C(N)N)c1ccccc1S2. The monoisotopic (exact) mass is 396 g/mol. The summed E-state index contributed by atoms with van der Waals surface area (Å²) in [5.74, 6) is 1.05. The van der Waals surface area contributed by atoms with E-state index in [1.165, 1.54) is 26.7 Å². The Morgan fingerprint density at radius 3 is 2.64 bits per heavy atom. The molecule has 0 radical (unpaired) electrons. The number of benzene rings is 2. The van der Waals surface area contributed by atoms with Gasteiger partial charge in [0.2, 0.25) is 0 Å². The lowest BCUT2D eigenvalue weighted by atomic mass is 10.2. The number of guanidine groups is 1. The van der Waals surface area contributed by atoms with Crippen LogP contribution in [0.4, 0.5) is 11.4 Å². The number of hydrogen-bond acceptors (Lipinski definition) is 4. The highest BCUT2D eigenvalue weighted by Gasteiger charge is 2.23. The van der Waals surface area contributed by atoms with Gasteiger partial charge in [0.15, 0.2) is 5.96 Å². The Bertz CT molecular complexity index is 871. The lowest BCUT2D eigenvalue weighted by molar-refractivity contribution is 0.362. The molecule has 0 saturated carbocycles. The zero-order chi connectivity index (χ0) is 19.9. The molecule has 1 aliphatic rings. The number of nitrogens with two attached hydrogens (primary N) is 2. The van der Waals surface area contributed by atoms with E-state index in [1.807, 2.05) is 11.8 Å². The highest BCUT2D eigenvalue weighted by molar-refractivity contribution is 7.99. The topological polar surface area (TPSA) is 76.9 Å². The van der Waals surface area contributed by atoms with Crippen LogP contribution in [0.5, 0.6) is 5.75 Å². The van der Waals surface area contributed by atoms with Crippen molar-refractivity contribution in [1.29, 1.82) is 0 Å². The third-order valence-corrected chi connectivity index (χ3v) is 5.55. The van der Waals surface area contributed by atoms with Crippen LogP contribution in [-0.4, -0.2) is 25.7 Å². The van der Waals surface area contributed by atoms with Gasteiger partial charge in [-0.15, -0.1) is 0 Å². The lowest BCUT2D eigenvalue weighted by Crippen LogP contribution is -2.24. The first-order chi connectivity index (χ1) is 13.5. The first-order valence-corrected chi connectivity index (χ1v) is 10.4. The van der Waals surface area contributed by atoms with Crippen molar-refractivity contribution in [3.05, 3.63) is 54.1 Å². The number of hydrogen-bond donors (Lipinski definition) is 2. The fraction of sp³-hybridized carbons (Fsp3) is 0.318. The van der Waals surface area contributed by atoms with Gasteiger partial charge in [-0.1, -0.05) is 29.5 Å². The molecule has 3 rings (SSSR count). The van der Waals surface area contributed by atoms with Crippen LogP contribution in [0, 0.1) is 0 Å². The Morgan fingerprint density at radius 2 is 1.86 bits per heavy atom. The summed E-state index contributed by atoms with van der Waals surface area (Å²) in [5, 5.41) is 0. The fourth-order valence-electron chi connectivity index (χ4n) is 3.03. The van der Waals surface area contributed by atoms with E-state index >= 15 is 0 Å². The van der Waals surface area contributed by atoms with Crippen molar-refractivity contribution >= 4 is 29.1 Å². The average Bonchev–Trinajstić information content (AvgIpc) is 2.66. The molecule has 0 bridgehead atoms. The molecule has 4 N–H and O–H groups in total. The highest BCUT2D eigenvalue weighted by Crippen LogP contribution is 2.49. The number of unbranched alkanes of at least 4 members (excludes halogenated alkanes) is 1. The van der Waals surface area contributed by atoms with Crippen molar-refractivity contribution in [1.82, 2.24) is 0 Å². The molecular formula is C22H28N4OS. The Balaban J connectivity index is 1.79. The summed E-state index contributed by atoms with van der Waals surface area (Å²) < 4.78 is 5.93. The second kappa shape index (κ2) is 9.55. The number of ether oxygens (including phenoxy) is 1. The standard InChI is InChI=1S/C22H28N4OS/c1-16(2)11-14-27-17-9-10-21-19(15-17)26(13-6-5-12-25-22(23)24)18-7-3-4-8-20(18)28-21/h3-4,7-11,15H,5-6,12-14H2,1-2H3,(H4,23,24,25). The summed E-state index contributed by atoms with van der Waals surface area (Å²) in [6.45, 7) is 6.30. The summed E-state index contributed by atoms with van der Waals surface area (Å²) in [5.41, 5.74) is 14.5. The van der Waals surface area contributed by atoms with Gasteiger partial charge in [0.25, 0.3) is 0 Å². The van der Waals surface area contributed by atoms with Crippen LogP contribution in [0.3, 0.4) is 0 Å². The van der Waals surface area contributed by atoms with Crippen molar-refractivity contribution in [3.63, 3.8) is 0 Å². The molecule has 5 nitrogen and oxygen atoms in total. The van der Waals surface area contributed by atoms with E-state index in [0.29, 0.717) is 13.2 Å². The van der Waals surface area contributed by atoms with E-state index in [0.717, 1.165) is 25.1 Å². The van der Waals surface area contributed by atoms with E-state index in [4.69, 9.17) is 16.2 Å². The van der Waals surface area contributed by atoms with Crippen LogP contribution in [0.15, 0.2) is 68.9 Å². The molecule has 1 heterocycles. The van der Waals surface area contributed by atoms with E-state index in [9.17, 15) is 0 Å². The molecular weight excluding hydrogens is 368 g/mol. The van der Waals surface area contributed by atoms with E-state index in [2.05, 4.69) is 72.3 Å². The molecule has 2 aromatic rings. The van der Waals surface area contributed by atoms with Gasteiger partial charge < -0.3 is 21.1 Å². The van der Waals surface area contributed by atoms with Crippen LogP contribution in [0.25, 0.3) is 0 Å². The van der Waals surface area contributed by atoms with Crippen molar-refractivity contribution < 1.29 is 4.74 Å². The van der Waals surface area contributed by atoms with E-state index < -0.39 is 0 Å². The summed E-state index contributed by atoms with van der Waals surface area (Å²) in [4.78, 5) is 8.98. The van der Waals surface area contributed by atoms with Gasteiger partial charge in [-0.2, -0.15) is 0 Å². The zero-order valence-corrected chi connectivity index (χ0v) is 17.3. The molecule has 28 heavy (non-hydrogen) atoms. The first-order valence-electron chi connectivity index (χ1n) is 9.54.